The number of hydrogen-bond donors (Lipinski definition) is 0. The molecule has 0 atom stereocenters. The zero-order chi connectivity index (χ0) is 12.4. The Hall–Kier alpha value is -1.63. The van der Waals surface area contributed by atoms with Crippen molar-refractivity contribution in [3.05, 3.63) is 27.0 Å². The van der Waals surface area contributed by atoms with Crippen molar-refractivity contribution in [2.24, 2.45) is 12.0 Å². The van der Waals surface area contributed by atoms with Gasteiger partial charge in [-0.2, -0.15) is 5.10 Å². The van der Waals surface area contributed by atoms with Crippen LogP contribution in [-0.4, -0.2) is 45.1 Å². The van der Waals surface area contributed by atoms with Crippen LogP contribution >= 0.6 is 11.6 Å². The molecule has 0 spiro atoms. The van der Waals surface area contributed by atoms with E-state index in [-0.39, 0.29) is 11.5 Å². The van der Waals surface area contributed by atoms with Crippen LogP contribution in [0, 0.1) is 10.1 Å². The summed E-state index contributed by atoms with van der Waals surface area (Å²) in [5.41, 5.74) is 0.787. The molecule has 1 aromatic rings. The van der Waals surface area contributed by atoms with Crippen LogP contribution in [0.4, 0.5) is 0 Å². The number of nitrogens with zero attached hydrogens (tertiary/aromatic N) is 5. The summed E-state index contributed by atoms with van der Waals surface area (Å²) in [7, 11) is 1.75. The van der Waals surface area contributed by atoms with Gasteiger partial charge in [0.15, 0.2) is 5.84 Å². The van der Waals surface area contributed by atoms with Gasteiger partial charge in [-0.15, -0.1) is 0 Å². The van der Waals surface area contributed by atoms with Crippen LogP contribution < -0.4 is 0 Å². The van der Waals surface area contributed by atoms with E-state index in [9.17, 15) is 10.1 Å². The summed E-state index contributed by atoms with van der Waals surface area (Å²) in [6, 6.07) is 1.75. The minimum absolute atomic E-state index is 0.236. The van der Waals surface area contributed by atoms with Crippen molar-refractivity contribution in [1.29, 1.82) is 0 Å². The van der Waals surface area contributed by atoms with Crippen molar-refractivity contribution in [3.63, 3.8) is 0 Å². The maximum absolute atomic E-state index is 10.5. The molecule has 8 heteroatoms. The van der Waals surface area contributed by atoms with E-state index >= 15 is 0 Å². The Morgan fingerprint density at radius 1 is 1.65 bits per heavy atom. The van der Waals surface area contributed by atoms with Gasteiger partial charge in [0.1, 0.15) is 5.15 Å². The predicted molar refractivity (Wildman–Crippen MR) is 62.8 cm³/mol. The monoisotopic (exact) mass is 257 g/mol. The normalized spacial score (nSPS) is 15.2. The van der Waals surface area contributed by atoms with E-state index in [0.29, 0.717) is 30.6 Å². The van der Waals surface area contributed by atoms with Crippen LogP contribution in [0.2, 0.25) is 5.15 Å². The lowest BCUT2D eigenvalue weighted by Crippen LogP contribution is -2.32. The minimum atomic E-state index is -0.372. The quantitative estimate of drug-likeness (QED) is 0.583. The van der Waals surface area contributed by atoms with Gasteiger partial charge in [-0.3, -0.25) is 19.8 Å². The van der Waals surface area contributed by atoms with Crippen LogP contribution in [0.5, 0.6) is 0 Å². The molecule has 0 aromatic carbocycles. The number of aliphatic imine (C=N–C) groups is 1. The molecule has 1 aliphatic heterocycles. The predicted octanol–water partition coefficient (Wildman–Crippen LogP) is 0.564. The lowest BCUT2D eigenvalue weighted by atomic mass is 10.3. The van der Waals surface area contributed by atoms with Crippen molar-refractivity contribution in [1.82, 2.24) is 14.7 Å². The van der Waals surface area contributed by atoms with Crippen LogP contribution in [0.1, 0.15) is 5.69 Å². The van der Waals surface area contributed by atoms with Crippen LogP contribution in [0.25, 0.3) is 0 Å². The van der Waals surface area contributed by atoms with Crippen LogP contribution in [0.3, 0.4) is 0 Å². The SMILES string of the molecule is Cn1nc(CN2CCN=C2C[N+](=O)[O-])cc1Cl. The summed E-state index contributed by atoms with van der Waals surface area (Å²) in [4.78, 5) is 16.1. The number of rotatable bonds is 4. The second-order valence-electron chi connectivity index (χ2n) is 3.79. The molecule has 2 heterocycles. The summed E-state index contributed by atoms with van der Waals surface area (Å²) >= 11 is 5.88. The summed E-state index contributed by atoms with van der Waals surface area (Å²) < 4.78 is 1.57. The molecule has 0 saturated carbocycles. The van der Waals surface area contributed by atoms with E-state index in [1.807, 2.05) is 4.90 Å². The van der Waals surface area contributed by atoms with E-state index in [4.69, 9.17) is 11.6 Å². The number of nitro groups is 1. The lowest BCUT2D eigenvalue weighted by molar-refractivity contribution is -0.464. The van der Waals surface area contributed by atoms with Crippen molar-refractivity contribution < 1.29 is 4.92 Å². The third-order valence-corrected chi connectivity index (χ3v) is 2.88. The standard InChI is InChI=1S/C9H12ClN5O2/c1-13-8(10)4-7(12-13)5-14-3-2-11-9(14)6-15(16)17/h4H,2-3,5-6H2,1H3. The fourth-order valence-corrected chi connectivity index (χ4v) is 1.90. The molecule has 0 radical (unpaired) electrons. The van der Waals surface area contributed by atoms with Gasteiger partial charge in [-0.1, -0.05) is 11.6 Å². The van der Waals surface area contributed by atoms with Crippen LogP contribution in [-0.2, 0) is 13.6 Å². The Labute approximate surface area is 103 Å². The van der Waals surface area contributed by atoms with Gasteiger partial charge < -0.3 is 4.90 Å². The highest BCUT2D eigenvalue weighted by Crippen LogP contribution is 2.13. The number of halogens is 1. The maximum atomic E-state index is 10.5. The van der Waals surface area contributed by atoms with Gasteiger partial charge in [0.05, 0.1) is 18.8 Å². The zero-order valence-electron chi connectivity index (χ0n) is 9.34. The smallest absolute Gasteiger partial charge is 0.260 e. The van der Waals surface area contributed by atoms with Crippen molar-refractivity contribution in [2.75, 3.05) is 19.6 Å². The van der Waals surface area contributed by atoms with Gasteiger partial charge in [-0.25, -0.2) is 0 Å². The molecule has 0 unspecified atom stereocenters. The lowest BCUT2D eigenvalue weighted by Gasteiger charge is -2.16. The molecule has 2 rings (SSSR count). The molecule has 92 valence electrons. The van der Waals surface area contributed by atoms with E-state index < -0.39 is 0 Å². The highest BCUT2D eigenvalue weighted by atomic mass is 35.5. The Bertz CT molecular complexity index is 450. The Morgan fingerprint density at radius 2 is 2.41 bits per heavy atom. The number of hydrogen-bond acceptors (Lipinski definition) is 5. The van der Waals surface area contributed by atoms with Gasteiger partial charge in [0.25, 0.3) is 6.54 Å². The molecule has 0 bridgehead atoms. The summed E-state index contributed by atoms with van der Waals surface area (Å²) in [5, 5.41) is 15.2. The molecular weight excluding hydrogens is 246 g/mol. The maximum Gasteiger partial charge on any atom is 0.260 e. The highest BCUT2D eigenvalue weighted by molar-refractivity contribution is 6.29. The van der Waals surface area contributed by atoms with E-state index in [2.05, 4.69) is 10.1 Å². The molecule has 0 N–H and O–H groups in total. The van der Waals surface area contributed by atoms with Crippen molar-refractivity contribution >= 4 is 17.4 Å². The second-order valence-corrected chi connectivity index (χ2v) is 4.18. The molecule has 0 amide bonds. The molecule has 1 aromatic heterocycles. The Morgan fingerprint density at radius 3 is 3.00 bits per heavy atom. The minimum Gasteiger partial charge on any atom is -0.347 e. The largest absolute Gasteiger partial charge is 0.347 e. The first-order chi connectivity index (χ1) is 8.06. The first-order valence-electron chi connectivity index (χ1n) is 5.15. The van der Waals surface area contributed by atoms with E-state index in [1.54, 1.807) is 17.8 Å². The Balaban J connectivity index is 2.04. The summed E-state index contributed by atoms with van der Waals surface area (Å²) in [6.45, 7) is 1.56. The Kier molecular flexibility index (Phi) is 3.28. The summed E-state index contributed by atoms with van der Waals surface area (Å²) in [6.07, 6.45) is 0. The average molecular weight is 258 g/mol. The van der Waals surface area contributed by atoms with Gasteiger partial charge in [0.2, 0.25) is 0 Å². The second kappa shape index (κ2) is 4.70. The molecular formula is C9H12ClN5O2. The molecule has 0 aliphatic carbocycles. The van der Waals surface area contributed by atoms with Crippen LogP contribution in [0.15, 0.2) is 11.1 Å². The highest BCUT2D eigenvalue weighted by Gasteiger charge is 2.22. The fourth-order valence-electron chi connectivity index (χ4n) is 1.74. The molecule has 7 nitrogen and oxygen atoms in total. The van der Waals surface area contributed by atoms with E-state index in [1.165, 1.54) is 0 Å². The van der Waals surface area contributed by atoms with Gasteiger partial charge in [0, 0.05) is 24.6 Å². The van der Waals surface area contributed by atoms with E-state index in [0.717, 1.165) is 5.69 Å². The van der Waals surface area contributed by atoms with Crippen molar-refractivity contribution in [2.45, 2.75) is 6.54 Å². The van der Waals surface area contributed by atoms with Gasteiger partial charge in [-0.05, 0) is 0 Å². The van der Waals surface area contributed by atoms with Crippen molar-refractivity contribution in [3.8, 4) is 0 Å². The first-order valence-corrected chi connectivity index (χ1v) is 5.52. The fraction of sp³-hybridized carbons (Fsp3) is 0.556. The number of aryl methyl sites for hydroxylation is 1. The van der Waals surface area contributed by atoms with Gasteiger partial charge >= 0.3 is 0 Å². The number of aromatic nitrogens is 2. The zero-order valence-corrected chi connectivity index (χ0v) is 10.1. The first kappa shape index (κ1) is 11.8. The molecule has 1 aliphatic rings. The molecule has 0 fully saturated rings. The average Bonchev–Trinajstić information content (AvgIpc) is 2.76. The number of amidine groups is 1. The third kappa shape index (κ3) is 2.73. The topological polar surface area (TPSA) is 76.6 Å². The molecule has 0 saturated heterocycles. The summed E-state index contributed by atoms with van der Waals surface area (Å²) in [5.74, 6) is 0.511. The molecule has 17 heavy (non-hydrogen) atoms. The third-order valence-electron chi connectivity index (χ3n) is 2.53.